The number of fused-ring (bicyclic) bond motifs is 1. The number of nitrogens with one attached hydrogen (secondary N) is 2. The highest BCUT2D eigenvalue weighted by Crippen LogP contribution is 2.18. The van der Waals surface area contributed by atoms with Crippen molar-refractivity contribution in [1.82, 2.24) is 10.3 Å². The van der Waals surface area contributed by atoms with Crippen LogP contribution in [0.4, 0.5) is 0 Å². The number of quaternary nitrogens is 1. The largest absolute Gasteiger partial charge is 0.463 e. The monoisotopic (exact) mass is 350 g/mol. The van der Waals surface area contributed by atoms with E-state index in [9.17, 15) is 4.79 Å². The minimum atomic E-state index is -0.0538. The predicted octanol–water partition coefficient (Wildman–Crippen LogP) is 2.29. The predicted molar refractivity (Wildman–Crippen MR) is 100 cm³/mol. The van der Waals surface area contributed by atoms with Gasteiger partial charge in [-0.15, -0.1) is 0 Å². The van der Waals surface area contributed by atoms with Crippen LogP contribution in [0.2, 0.25) is 0 Å². The molecule has 3 aromatic rings. The second kappa shape index (κ2) is 7.30. The molecule has 1 amide bonds. The number of carbonyl (C=O) groups excluding carboxylic acids is 1. The molecular weight excluding hydrogens is 326 g/mol. The number of benzene rings is 1. The van der Waals surface area contributed by atoms with Gasteiger partial charge in [0, 0.05) is 23.9 Å². The molecular formula is C21H24N3O2+. The number of pyridine rings is 1. The molecule has 1 fully saturated rings. The lowest BCUT2D eigenvalue weighted by atomic mass is 10.1. The third-order valence-electron chi connectivity index (χ3n) is 5.18. The molecule has 4 rings (SSSR count). The fraction of sp³-hybridized carbons (Fsp3) is 0.333. The summed E-state index contributed by atoms with van der Waals surface area (Å²) in [6.45, 7) is 4.73. The zero-order chi connectivity index (χ0) is 17.9. The van der Waals surface area contributed by atoms with E-state index in [1.54, 1.807) is 6.26 Å². The SMILES string of the molecule is Cc1cc(C(=O)NC[C@H](c2ccco2)[NH+]2CCCC2)c2ccccc2n1. The number of nitrogens with zero attached hydrogens (tertiary/aromatic N) is 1. The van der Waals surface area contributed by atoms with E-state index in [1.807, 2.05) is 49.4 Å². The van der Waals surface area contributed by atoms with Gasteiger partial charge in [0.1, 0.15) is 0 Å². The summed E-state index contributed by atoms with van der Waals surface area (Å²) in [5.41, 5.74) is 2.38. The maximum absolute atomic E-state index is 12.9. The maximum Gasteiger partial charge on any atom is 0.252 e. The van der Waals surface area contributed by atoms with Crippen molar-refractivity contribution in [2.45, 2.75) is 25.8 Å². The van der Waals surface area contributed by atoms with Gasteiger partial charge < -0.3 is 14.6 Å². The summed E-state index contributed by atoms with van der Waals surface area (Å²) in [5.74, 6) is 0.889. The van der Waals surface area contributed by atoms with E-state index in [2.05, 4.69) is 10.3 Å². The molecule has 1 aliphatic rings. The van der Waals surface area contributed by atoms with E-state index < -0.39 is 0 Å². The van der Waals surface area contributed by atoms with Crippen molar-refractivity contribution in [1.29, 1.82) is 0 Å². The van der Waals surface area contributed by atoms with Crippen molar-refractivity contribution in [2.24, 2.45) is 0 Å². The van der Waals surface area contributed by atoms with Gasteiger partial charge in [-0.1, -0.05) is 18.2 Å². The Bertz CT molecular complexity index is 899. The minimum absolute atomic E-state index is 0.0538. The second-order valence-corrected chi connectivity index (χ2v) is 6.97. The van der Waals surface area contributed by atoms with Crippen LogP contribution in [0.5, 0.6) is 0 Å². The summed E-state index contributed by atoms with van der Waals surface area (Å²) >= 11 is 0. The standard InChI is InChI=1S/C21H23N3O2/c1-15-13-17(16-7-2-3-8-18(16)23-15)21(25)22-14-19(20-9-6-12-26-20)24-10-4-5-11-24/h2-3,6-9,12-13,19H,4-5,10-11,14H2,1H3,(H,22,25)/p+1/t19-/m1/s1. The lowest BCUT2D eigenvalue weighted by Crippen LogP contribution is -3.11. The van der Waals surface area contributed by atoms with E-state index in [4.69, 9.17) is 4.42 Å². The molecule has 1 aliphatic heterocycles. The molecule has 0 saturated carbocycles. The number of aryl methyl sites for hydroxylation is 1. The molecule has 0 spiro atoms. The molecule has 26 heavy (non-hydrogen) atoms. The van der Waals surface area contributed by atoms with Gasteiger partial charge in [-0.25, -0.2) is 0 Å². The molecule has 2 aromatic heterocycles. The first kappa shape index (κ1) is 16.8. The fourth-order valence-electron chi connectivity index (χ4n) is 3.90. The van der Waals surface area contributed by atoms with Gasteiger partial charge in [-0.3, -0.25) is 9.78 Å². The van der Waals surface area contributed by atoms with Crippen molar-refractivity contribution in [3.8, 4) is 0 Å². The van der Waals surface area contributed by atoms with Crippen LogP contribution in [0.1, 0.15) is 40.7 Å². The average Bonchev–Trinajstić information content (AvgIpc) is 3.35. The fourth-order valence-corrected chi connectivity index (χ4v) is 3.90. The summed E-state index contributed by atoms with van der Waals surface area (Å²) in [4.78, 5) is 18.9. The number of amides is 1. The topological polar surface area (TPSA) is 59.6 Å². The second-order valence-electron chi connectivity index (χ2n) is 6.97. The molecule has 1 saturated heterocycles. The summed E-state index contributed by atoms with van der Waals surface area (Å²) in [5, 5.41) is 4.02. The molecule has 0 aliphatic carbocycles. The van der Waals surface area contributed by atoms with Gasteiger partial charge in [0.2, 0.25) is 0 Å². The quantitative estimate of drug-likeness (QED) is 0.742. The molecule has 0 bridgehead atoms. The van der Waals surface area contributed by atoms with Crippen LogP contribution < -0.4 is 10.2 Å². The molecule has 2 N–H and O–H groups in total. The molecule has 134 valence electrons. The third kappa shape index (κ3) is 3.35. The van der Waals surface area contributed by atoms with Crippen LogP contribution in [0.3, 0.4) is 0 Å². The maximum atomic E-state index is 12.9. The number of hydrogen-bond donors (Lipinski definition) is 2. The Morgan fingerprint density at radius 2 is 2.04 bits per heavy atom. The molecule has 3 heterocycles. The van der Waals surface area contributed by atoms with Gasteiger partial charge >= 0.3 is 0 Å². The number of furan rings is 1. The highest BCUT2D eigenvalue weighted by atomic mass is 16.3. The van der Waals surface area contributed by atoms with E-state index in [0.29, 0.717) is 12.1 Å². The molecule has 1 aromatic carbocycles. The zero-order valence-corrected chi connectivity index (χ0v) is 15.0. The summed E-state index contributed by atoms with van der Waals surface area (Å²) in [7, 11) is 0. The molecule has 5 heteroatoms. The lowest BCUT2D eigenvalue weighted by Gasteiger charge is -2.23. The van der Waals surface area contributed by atoms with Crippen molar-refractivity contribution < 1.29 is 14.1 Å². The van der Waals surface area contributed by atoms with Crippen LogP contribution in [-0.2, 0) is 0 Å². The number of rotatable bonds is 5. The number of hydrogen-bond acceptors (Lipinski definition) is 3. The zero-order valence-electron chi connectivity index (χ0n) is 15.0. The van der Waals surface area contributed by atoms with Crippen LogP contribution in [-0.4, -0.2) is 30.5 Å². The Balaban J connectivity index is 1.56. The van der Waals surface area contributed by atoms with E-state index in [-0.39, 0.29) is 11.9 Å². The lowest BCUT2D eigenvalue weighted by molar-refractivity contribution is -0.919. The highest BCUT2D eigenvalue weighted by Gasteiger charge is 2.30. The van der Waals surface area contributed by atoms with Crippen LogP contribution >= 0.6 is 0 Å². The normalized spacial score (nSPS) is 16.0. The summed E-state index contributed by atoms with van der Waals surface area (Å²) in [6, 6.07) is 13.7. The minimum Gasteiger partial charge on any atom is -0.463 e. The van der Waals surface area contributed by atoms with Gasteiger partial charge in [-0.05, 0) is 31.2 Å². The van der Waals surface area contributed by atoms with Gasteiger partial charge in [-0.2, -0.15) is 0 Å². The number of aromatic nitrogens is 1. The number of carbonyl (C=O) groups is 1. The Kier molecular flexibility index (Phi) is 4.71. The van der Waals surface area contributed by atoms with Gasteiger partial charge in [0.05, 0.1) is 37.0 Å². The first-order valence-electron chi connectivity index (χ1n) is 9.25. The van der Waals surface area contributed by atoms with Crippen molar-refractivity contribution in [3.63, 3.8) is 0 Å². The first-order chi connectivity index (χ1) is 12.7. The van der Waals surface area contributed by atoms with Crippen molar-refractivity contribution in [2.75, 3.05) is 19.6 Å². The summed E-state index contributed by atoms with van der Waals surface area (Å²) < 4.78 is 5.65. The first-order valence-corrected chi connectivity index (χ1v) is 9.25. The van der Waals surface area contributed by atoms with Crippen LogP contribution in [0, 0.1) is 6.92 Å². The van der Waals surface area contributed by atoms with E-state index >= 15 is 0 Å². The van der Waals surface area contributed by atoms with Crippen molar-refractivity contribution >= 4 is 16.8 Å². The Morgan fingerprint density at radius 3 is 2.81 bits per heavy atom. The number of para-hydroxylation sites is 1. The number of likely N-dealkylation sites (tertiary alicyclic amines) is 1. The Morgan fingerprint density at radius 1 is 1.23 bits per heavy atom. The highest BCUT2D eigenvalue weighted by molar-refractivity contribution is 6.06. The Labute approximate surface area is 153 Å². The smallest absolute Gasteiger partial charge is 0.252 e. The average molecular weight is 350 g/mol. The molecule has 1 atom stereocenters. The van der Waals surface area contributed by atoms with Gasteiger partial charge in [0.15, 0.2) is 11.8 Å². The van der Waals surface area contributed by atoms with Crippen LogP contribution in [0.15, 0.2) is 53.1 Å². The van der Waals surface area contributed by atoms with Crippen LogP contribution in [0.25, 0.3) is 10.9 Å². The van der Waals surface area contributed by atoms with Gasteiger partial charge in [0.25, 0.3) is 5.91 Å². The third-order valence-corrected chi connectivity index (χ3v) is 5.18. The molecule has 0 radical (unpaired) electrons. The van der Waals surface area contributed by atoms with E-state index in [1.165, 1.54) is 17.7 Å². The van der Waals surface area contributed by atoms with Crippen molar-refractivity contribution in [3.05, 3.63) is 65.7 Å². The summed E-state index contributed by atoms with van der Waals surface area (Å²) in [6.07, 6.45) is 4.17. The molecule has 5 nitrogen and oxygen atoms in total. The molecule has 0 unspecified atom stereocenters. The van der Waals surface area contributed by atoms with E-state index in [0.717, 1.165) is 35.4 Å². The Hall–Kier alpha value is -2.66.